The van der Waals surface area contributed by atoms with Crippen LogP contribution in [0.15, 0.2) is 23.4 Å². The van der Waals surface area contributed by atoms with E-state index in [9.17, 15) is 14.7 Å². The number of allylic oxidation sites excluding steroid dienone is 1. The smallest absolute Gasteiger partial charge is 0.338 e. The first kappa shape index (κ1) is 20.9. The van der Waals surface area contributed by atoms with Gasteiger partial charge in [-0.15, -0.1) is 0 Å². The number of carbonyl (C=O) groups excluding carboxylic acids is 2. The molecule has 0 saturated heterocycles. The number of amides is 2. The van der Waals surface area contributed by atoms with Gasteiger partial charge in [-0.1, -0.05) is 31.4 Å². The highest BCUT2D eigenvalue weighted by Crippen LogP contribution is 2.39. The summed E-state index contributed by atoms with van der Waals surface area (Å²) in [7, 11) is 2.97. The first-order valence-electron chi connectivity index (χ1n) is 8.80. The molecule has 0 aromatic heterocycles. The molecule has 148 valence electrons. The summed E-state index contributed by atoms with van der Waals surface area (Å²) in [6.07, 6.45) is 2.77. The molecule has 0 aliphatic carbocycles. The number of phenolic OH excluding ortho intramolecular Hbond substituents is 1. The Morgan fingerprint density at radius 2 is 2.07 bits per heavy atom. The molecule has 1 aromatic carbocycles. The van der Waals surface area contributed by atoms with Crippen LogP contribution in [0.25, 0.3) is 0 Å². The second-order valence-corrected chi connectivity index (χ2v) is 6.74. The van der Waals surface area contributed by atoms with Gasteiger partial charge in [0.05, 0.1) is 30.4 Å². The van der Waals surface area contributed by atoms with Crippen LogP contribution in [0.5, 0.6) is 11.5 Å². The lowest BCUT2D eigenvalue weighted by Gasteiger charge is -2.33. The van der Waals surface area contributed by atoms with Gasteiger partial charge >= 0.3 is 12.0 Å². The Labute approximate surface area is 163 Å². The zero-order valence-corrected chi connectivity index (χ0v) is 16.7. The lowest BCUT2D eigenvalue weighted by atomic mass is 9.94. The van der Waals surface area contributed by atoms with Crippen LogP contribution in [0.2, 0.25) is 5.02 Å². The van der Waals surface area contributed by atoms with Gasteiger partial charge in [0.2, 0.25) is 0 Å². The number of esters is 1. The summed E-state index contributed by atoms with van der Waals surface area (Å²) in [4.78, 5) is 26.4. The number of aromatic hydroxyl groups is 1. The third-order valence-electron chi connectivity index (χ3n) is 4.56. The number of rotatable bonds is 7. The molecule has 8 heteroatoms. The lowest BCUT2D eigenvalue weighted by Crippen LogP contribution is -2.46. The highest BCUT2D eigenvalue weighted by atomic mass is 35.5. The van der Waals surface area contributed by atoms with Crippen molar-refractivity contribution in [2.45, 2.75) is 39.2 Å². The average Bonchev–Trinajstić information content (AvgIpc) is 2.64. The van der Waals surface area contributed by atoms with Crippen LogP contribution in [0.3, 0.4) is 0 Å². The fourth-order valence-electron chi connectivity index (χ4n) is 2.86. The third-order valence-corrected chi connectivity index (χ3v) is 4.85. The SMILES string of the molecule is CCCCCOC(=O)C1=C(C)N(C)C(=O)N[C@@H]1c1cc(Cl)c(O)c(OC)c1. The Morgan fingerprint density at radius 3 is 2.70 bits per heavy atom. The van der Waals surface area contributed by atoms with E-state index in [4.69, 9.17) is 21.1 Å². The molecular formula is C19H25ClN2O5. The van der Waals surface area contributed by atoms with E-state index in [1.54, 1.807) is 14.0 Å². The third kappa shape index (κ3) is 4.47. The quantitative estimate of drug-likeness (QED) is 0.541. The topological polar surface area (TPSA) is 88.1 Å². The zero-order valence-electron chi connectivity index (χ0n) is 16.0. The van der Waals surface area contributed by atoms with Crippen molar-refractivity contribution in [3.8, 4) is 11.5 Å². The molecule has 0 radical (unpaired) electrons. The Bertz CT molecular complexity index is 763. The normalized spacial score (nSPS) is 17.0. The van der Waals surface area contributed by atoms with Crippen molar-refractivity contribution >= 4 is 23.6 Å². The van der Waals surface area contributed by atoms with E-state index in [1.807, 2.05) is 0 Å². The molecule has 2 amide bonds. The maximum atomic E-state index is 12.7. The minimum atomic E-state index is -0.764. The number of nitrogens with zero attached hydrogens (tertiary/aromatic N) is 1. The van der Waals surface area contributed by atoms with Crippen LogP contribution in [-0.4, -0.2) is 42.8 Å². The molecule has 1 heterocycles. The summed E-state index contributed by atoms with van der Waals surface area (Å²) >= 11 is 6.08. The van der Waals surface area contributed by atoms with Crippen LogP contribution >= 0.6 is 11.6 Å². The number of phenols is 1. The van der Waals surface area contributed by atoms with Crippen molar-refractivity contribution in [1.82, 2.24) is 10.2 Å². The summed E-state index contributed by atoms with van der Waals surface area (Å²) in [5.74, 6) is -0.547. The Morgan fingerprint density at radius 1 is 1.37 bits per heavy atom. The Balaban J connectivity index is 2.42. The molecule has 0 bridgehead atoms. The van der Waals surface area contributed by atoms with Gasteiger partial charge < -0.3 is 24.8 Å². The maximum absolute atomic E-state index is 12.7. The molecule has 0 spiro atoms. The molecular weight excluding hydrogens is 372 g/mol. The molecule has 0 saturated carbocycles. The maximum Gasteiger partial charge on any atom is 0.338 e. The number of hydrogen-bond acceptors (Lipinski definition) is 5. The van der Waals surface area contributed by atoms with Gasteiger partial charge in [0.1, 0.15) is 0 Å². The molecule has 2 N–H and O–H groups in total. The largest absolute Gasteiger partial charge is 0.503 e. The van der Waals surface area contributed by atoms with E-state index < -0.39 is 12.0 Å². The first-order chi connectivity index (χ1) is 12.8. The van der Waals surface area contributed by atoms with Crippen molar-refractivity contribution < 1.29 is 24.2 Å². The van der Waals surface area contributed by atoms with Crippen molar-refractivity contribution in [2.75, 3.05) is 20.8 Å². The van der Waals surface area contributed by atoms with E-state index in [2.05, 4.69) is 12.2 Å². The summed E-state index contributed by atoms with van der Waals surface area (Å²) in [6.45, 7) is 4.07. The molecule has 7 nitrogen and oxygen atoms in total. The molecule has 27 heavy (non-hydrogen) atoms. The molecule has 0 fully saturated rings. The summed E-state index contributed by atoms with van der Waals surface area (Å²) in [6, 6.07) is 1.91. The molecule has 2 rings (SSSR count). The fourth-order valence-corrected chi connectivity index (χ4v) is 3.08. The lowest BCUT2D eigenvalue weighted by molar-refractivity contribution is -0.139. The van der Waals surface area contributed by atoms with E-state index >= 15 is 0 Å². The Kier molecular flexibility index (Phi) is 6.96. The Hall–Kier alpha value is -2.41. The fraction of sp³-hybridized carbons (Fsp3) is 0.474. The number of unbranched alkanes of at least 4 members (excludes halogenated alkanes) is 2. The van der Waals surface area contributed by atoms with Gasteiger partial charge in [-0.25, -0.2) is 9.59 Å². The minimum Gasteiger partial charge on any atom is -0.503 e. The van der Waals surface area contributed by atoms with E-state index in [-0.39, 0.29) is 22.6 Å². The highest BCUT2D eigenvalue weighted by Gasteiger charge is 2.35. The molecule has 0 unspecified atom stereocenters. The summed E-state index contributed by atoms with van der Waals surface area (Å²) in [5, 5.41) is 12.8. The van der Waals surface area contributed by atoms with Crippen molar-refractivity contribution in [3.05, 3.63) is 34.0 Å². The first-order valence-corrected chi connectivity index (χ1v) is 9.18. The van der Waals surface area contributed by atoms with E-state index in [0.717, 1.165) is 19.3 Å². The van der Waals surface area contributed by atoms with Gasteiger partial charge in [0.15, 0.2) is 11.5 Å². The van der Waals surface area contributed by atoms with Gasteiger partial charge in [0, 0.05) is 12.7 Å². The minimum absolute atomic E-state index is 0.0610. The number of urea groups is 1. The number of nitrogens with one attached hydrogen (secondary N) is 1. The number of ether oxygens (including phenoxy) is 2. The molecule has 1 aliphatic rings. The number of benzene rings is 1. The monoisotopic (exact) mass is 396 g/mol. The summed E-state index contributed by atoms with van der Waals surface area (Å²) < 4.78 is 10.5. The number of carbonyl (C=O) groups is 2. The van der Waals surface area contributed by atoms with Crippen molar-refractivity contribution in [1.29, 1.82) is 0 Å². The predicted octanol–water partition coefficient (Wildman–Crippen LogP) is 3.76. The summed E-state index contributed by atoms with van der Waals surface area (Å²) in [5.41, 5.74) is 1.32. The van der Waals surface area contributed by atoms with E-state index in [1.165, 1.54) is 24.1 Å². The second kappa shape index (κ2) is 8.99. The average molecular weight is 397 g/mol. The molecule has 1 aliphatic heterocycles. The van der Waals surface area contributed by atoms with Gasteiger partial charge in [-0.2, -0.15) is 0 Å². The van der Waals surface area contributed by atoms with Crippen LogP contribution in [0, 0.1) is 0 Å². The van der Waals surface area contributed by atoms with Gasteiger partial charge in [-0.05, 0) is 31.0 Å². The van der Waals surface area contributed by atoms with Crippen LogP contribution in [-0.2, 0) is 9.53 Å². The van der Waals surface area contributed by atoms with Crippen LogP contribution < -0.4 is 10.1 Å². The second-order valence-electron chi connectivity index (χ2n) is 6.34. The van der Waals surface area contributed by atoms with Gasteiger partial charge in [0.25, 0.3) is 0 Å². The van der Waals surface area contributed by atoms with Crippen molar-refractivity contribution in [2.24, 2.45) is 0 Å². The van der Waals surface area contributed by atoms with Crippen LogP contribution in [0.1, 0.15) is 44.7 Å². The highest BCUT2D eigenvalue weighted by molar-refractivity contribution is 6.32. The number of halogens is 1. The van der Waals surface area contributed by atoms with Crippen LogP contribution in [0.4, 0.5) is 4.79 Å². The predicted molar refractivity (Wildman–Crippen MR) is 102 cm³/mol. The van der Waals surface area contributed by atoms with Gasteiger partial charge in [-0.3, -0.25) is 0 Å². The zero-order chi connectivity index (χ0) is 20.1. The number of hydrogen-bond donors (Lipinski definition) is 2. The molecule has 1 aromatic rings. The number of methoxy groups -OCH3 is 1. The van der Waals surface area contributed by atoms with E-state index in [0.29, 0.717) is 23.4 Å². The van der Waals surface area contributed by atoms with Crippen molar-refractivity contribution in [3.63, 3.8) is 0 Å². The molecule has 1 atom stereocenters. The standard InChI is InChI=1S/C19H25ClN2O5/c1-5-6-7-8-27-18(24)15-11(2)22(3)19(25)21-16(15)12-9-13(20)17(23)14(10-12)26-4/h9-10,16,23H,5-8H2,1-4H3,(H,21,25)/t16-/m1/s1.